The Bertz CT molecular complexity index is 2700. The minimum absolute atomic E-state index is 0.137. The number of carbonyl (C=O) groups is 2. The number of pyridine rings is 1. The van der Waals surface area contributed by atoms with Gasteiger partial charge in [0.25, 0.3) is 0 Å². The molecule has 68 heavy (non-hydrogen) atoms. The van der Waals surface area contributed by atoms with Gasteiger partial charge in [-0.3, -0.25) is 15.0 Å². The Morgan fingerprint density at radius 2 is 1.51 bits per heavy atom. The molecule has 2 unspecified atom stereocenters. The average molecular weight is 922 g/mol. The van der Waals surface area contributed by atoms with Crippen LogP contribution in [-0.2, 0) is 11.3 Å². The molecular formula is C53H64FN11O3. The Morgan fingerprint density at radius 3 is 2.25 bits per heavy atom. The van der Waals surface area contributed by atoms with Crippen molar-refractivity contribution in [2.45, 2.75) is 108 Å². The summed E-state index contributed by atoms with van der Waals surface area (Å²) in [5.74, 6) is 2.03. The SMILES string of the molecule is Nc1nnc(-c2ccccc2O)cc1N1CC2CCC(C1)N2c1ccc(F)c(N2CCC(CN3CCC4(CCC(Cn5cc(C6CC6)c6cc(N7CCC(=O)NC7=O)cnc65)CC4)CC3)CC2)c1. The van der Waals surface area contributed by atoms with Crippen molar-refractivity contribution < 1.29 is 19.1 Å². The van der Waals surface area contributed by atoms with Crippen molar-refractivity contribution in [3.63, 3.8) is 0 Å². The number of nitrogens with one attached hydrogen (secondary N) is 1. The number of piperazine rings is 1. The molecule has 15 heteroatoms. The maximum absolute atomic E-state index is 15.7. The standard InChI is InChI=1S/C53H64FN11O3/c54-44-10-9-37(65-38-7-8-39(65)32-62(31-38)47-27-45(58-59-50(47)55)41-3-1-2-4-48(41)66)26-46(44)61-20-13-35(14-21-61)29-60-23-18-53(19-24-60)16-11-34(12-17-53)30-63-33-43(36-5-6-36)42-25-40(28-56-51(42)63)64-22-15-49(67)57-52(64)68/h1-4,9-10,25-28,33-36,38-39,66H,5-8,11-24,29-32H2,(H2,55,59)(H,57,67,68). The lowest BCUT2D eigenvalue weighted by Gasteiger charge is -2.47. The van der Waals surface area contributed by atoms with Crippen LogP contribution >= 0.6 is 0 Å². The summed E-state index contributed by atoms with van der Waals surface area (Å²) in [5.41, 5.74) is 13.9. The fraction of sp³-hybridized carbons (Fsp3) is 0.528. The van der Waals surface area contributed by atoms with Crippen molar-refractivity contribution in [2.75, 3.05) is 77.7 Å². The van der Waals surface area contributed by atoms with E-state index in [2.05, 4.69) is 58.0 Å². The molecule has 1 spiro atoms. The molecule has 2 bridgehead atoms. The topological polar surface area (TPSA) is 152 Å². The summed E-state index contributed by atoms with van der Waals surface area (Å²) in [6.45, 7) is 8.22. The van der Waals surface area contributed by atoms with E-state index in [1.54, 1.807) is 29.3 Å². The molecule has 7 fully saturated rings. The maximum atomic E-state index is 15.7. The summed E-state index contributed by atoms with van der Waals surface area (Å²) < 4.78 is 18.1. The number of halogens is 1. The van der Waals surface area contributed by atoms with Gasteiger partial charge < -0.3 is 35.0 Å². The molecule has 2 aliphatic carbocycles. The van der Waals surface area contributed by atoms with Crippen LogP contribution in [0.4, 0.5) is 37.8 Å². The van der Waals surface area contributed by atoms with Crippen LogP contribution in [0, 0.1) is 23.1 Å². The van der Waals surface area contributed by atoms with Gasteiger partial charge in [-0.1, -0.05) is 12.1 Å². The van der Waals surface area contributed by atoms with E-state index < -0.39 is 0 Å². The monoisotopic (exact) mass is 922 g/mol. The number of hydrogen-bond donors (Lipinski definition) is 3. The van der Waals surface area contributed by atoms with E-state index in [-0.39, 0.29) is 35.6 Å². The zero-order valence-electron chi connectivity index (χ0n) is 39.0. The van der Waals surface area contributed by atoms with Gasteiger partial charge in [-0.2, -0.15) is 0 Å². The highest BCUT2D eigenvalue weighted by Gasteiger charge is 2.42. The van der Waals surface area contributed by atoms with Gasteiger partial charge in [0.1, 0.15) is 17.2 Å². The highest BCUT2D eigenvalue weighted by Crippen LogP contribution is 2.49. The van der Waals surface area contributed by atoms with Crippen molar-refractivity contribution >= 4 is 51.5 Å². The smallest absolute Gasteiger partial charge is 0.328 e. The van der Waals surface area contributed by atoms with Crippen LogP contribution < -0.4 is 30.7 Å². The third-order valence-electron chi connectivity index (χ3n) is 17.2. The van der Waals surface area contributed by atoms with E-state index in [0.29, 0.717) is 53.2 Å². The van der Waals surface area contributed by atoms with Crippen LogP contribution in [-0.4, -0.2) is 106 Å². The molecule has 2 aromatic carbocycles. The molecule has 7 aliphatic rings. The highest BCUT2D eigenvalue weighted by atomic mass is 19.1. The van der Waals surface area contributed by atoms with Gasteiger partial charge in [0.15, 0.2) is 5.82 Å². The number of para-hydroxylation sites is 1. The number of phenolic OH excluding ortho intramolecular Hbond substituents is 1. The third-order valence-corrected chi connectivity index (χ3v) is 17.2. The molecule has 4 N–H and O–H groups in total. The highest BCUT2D eigenvalue weighted by molar-refractivity contribution is 6.06. The van der Waals surface area contributed by atoms with Crippen LogP contribution in [0.25, 0.3) is 22.3 Å². The molecule has 14 nitrogen and oxygen atoms in total. The first kappa shape index (κ1) is 43.3. The van der Waals surface area contributed by atoms with Crippen molar-refractivity contribution in [1.29, 1.82) is 0 Å². The fourth-order valence-electron chi connectivity index (χ4n) is 13.1. The number of rotatable bonds is 10. The lowest BCUT2D eigenvalue weighted by Crippen LogP contribution is -2.54. The Kier molecular flexibility index (Phi) is 11.2. The minimum atomic E-state index is -0.362. The molecule has 5 aliphatic heterocycles. The first-order valence-electron chi connectivity index (χ1n) is 25.5. The number of carbonyl (C=O) groups excluding carboxylic acids is 2. The zero-order valence-corrected chi connectivity index (χ0v) is 39.0. The normalized spacial score (nSPS) is 23.8. The summed E-state index contributed by atoms with van der Waals surface area (Å²) >= 11 is 0. The lowest BCUT2D eigenvalue weighted by atomic mass is 9.65. The number of fused-ring (bicyclic) bond motifs is 3. The number of likely N-dealkylation sites (tertiary alicyclic amines) is 1. The number of nitrogens with two attached hydrogens (primary N) is 1. The quantitative estimate of drug-likeness (QED) is 0.124. The molecule has 5 aromatic rings. The molecule has 3 amide bonds. The van der Waals surface area contributed by atoms with Crippen LogP contribution in [0.5, 0.6) is 5.75 Å². The number of nitrogens with zero attached hydrogens (tertiary/aromatic N) is 9. The van der Waals surface area contributed by atoms with Gasteiger partial charge in [-0.25, -0.2) is 14.2 Å². The van der Waals surface area contributed by atoms with Crippen molar-refractivity contribution in [3.8, 4) is 17.0 Å². The molecular weight excluding hydrogens is 858 g/mol. The molecule has 5 saturated heterocycles. The summed E-state index contributed by atoms with van der Waals surface area (Å²) in [6, 6.07) is 17.2. The van der Waals surface area contributed by atoms with Crippen molar-refractivity contribution in [1.82, 2.24) is 30.0 Å². The number of aromatic nitrogens is 4. The number of amides is 3. The van der Waals surface area contributed by atoms with Gasteiger partial charge in [0.05, 0.1) is 29.0 Å². The summed E-state index contributed by atoms with van der Waals surface area (Å²) in [7, 11) is 0. The second-order valence-electron chi connectivity index (χ2n) is 21.4. The fourth-order valence-corrected chi connectivity index (χ4v) is 13.1. The summed E-state index contributed by atoms with van der Waals surface area (Å²) in [5, 5.41) is 22.7. The van der Waals surface area contributed by atoms with E-state index >= 15 is 4.39 Å². The molecule has 356 valence electrons. The van der Waals surface area contributed by atoms with E-state index in [1.165, 1.54) is 70.0 Å². The van der Waals surface area contributed by atoms with E-state index in [9.17, 15) is 14.7 Å². The Morgan fingerprint density at radius 1 is 0.765 bits per heavy atom. The number of aromatic hydroxyl groups is 1. The summed E-state index contributed by atoms with van der Waals surface area (Å²) in [6.07, 6.45) is 18.9. The van der Waals surface area contributed by atoms with Gasteiger partial charge in [0, 0.05) is 87.2 Å². The predicted molar refractivity (Wildman–Crippen MR) is 264 cm³/mol. The maximum Gasteiger partial charge on any atom is 0.328 e. The van der Waals surface area contributed by atoms with Crippen molar-refractivity contribution in [3.05, 3.63) is 78.4 Å². The van der Waals surface area contributed by atoms with Gasteiger partial charge in [-0.05, 0) is 161 Å². The second-order valence-corrected chi connectivity index (χ2v) is 21.4. The molecule has 12 rings (SSSR count). The zero-order chi connectivity index (χ0) is 46.1. The number of urea groups is 1. The number of phenols is 1. The number of nitrogen functional groups attached to an aromatic ring is 1. The van der Waals surface area contributed by atoms with Gasteiger partial charge >= 0.3 is 6.03 Å². The van der Waals surface area contributed by atoms with Crippen LogP contribution in [0.3, 0.4) is 0 Å². The van der Waals surface area contributed by atoms with Crippen LogP contribution in [0.2, 0.25) is 0 Å². The molecule has 3 aromatic heterocycles. The number of piperidine rings is 2. The number of imide groups is 1. The predicted octanol–water partition coefficient (Wildman–Crippen LogP) is 8.29. The first-order chi connectivity index (χ1) is 33.1. The summed E-state index contributed by atoms with van der Waals surface area (Å²) in [4.78, 5) is 40.8. The van der Waals surface area contributed by atoms with Crippen molar-refractivity contribution in [2.24, 2.45) is 17.3 Å². The van der Waals surface area contributed by atoms with Gasteiger partial charge in [0.2, 0.25) is 5.91 Å². The van der Waals surface area contributed by atoms with E-state index in [1.807, 2.05) is 24.3 Å². The number of benzene rings is 2. The van der Waals surface area contributed by atoms with E-state index in [4.69, 9.17) is 10.7 Å². The van der Waals surface area contributed by atoms with Gasteiger partial charge in [-0.15, -0.1) is 10.2 Å². The Balaban J connectivity index is 0.623. The van der Waals surface area contributed by atoms with E-state index in [0.717, 1.165) is 98.7 Å². The Hall–Kier alpha value is -5.96. The average Bonchev–Trinajstić information content (AvgIpc) is 4.09. The second kappa shape index (κ2) is 17.5. The van der Waals surface area contributed by atoms with Crippen LogP contribution in [0.15, 0.2) is 67.0 Å². The Labute approximate surface area is 397 Å². The lowest BCUT2D eigenvalue weighted by molar-refractivity contribution is -0.120. The third kappa shape index (κ3) is 8.27. The number of anilines is 5. The van der Waals surface area contributed by atoms with Crippen LogP contribution in [0.1, 0.15) is 95.0 Å². The molecule has 2 atom stereocenters. The molecule has 8 heterocycles. The molecule has 2 saturated carbocycles. The molecule has 0 radical (unpaired) electrons. The first-order valence-corrected chi connectivity index (χ1v) is 25.5. The largest absolute Gasteiger partial charge is 0.507 e. The minimum Gasteiger partial charge on any atom is -0.507 e. The number of hydrogen-bond acceptors (Lipinski definition) is 11.